The summed E-state index contributed by atoms with van der Waals surface area (Å²) in [5, 5.41) is 12.8. The van der Waals surface area contributed by atoms with Crippen LogP contribution in [0.15, 0.2) is 0 Å². The van der Waals surface area contributed by atoms with Crippen molar-refractivity contribution in [3.8, 4) is 0 Å². The van der Waals surface area contributed by atoms with Gasteiger partial charge < -0.3 is 10.4 Å². The molecule has 3 N–H and O–H groups in total. The molecule has 0 saturated carbocycles. The van der Waals surface area contributed by atoms with Gasteiger partial charge in [-0.05, 0) is 18.8 Å². The summed E-state index contributed by atoms with van der Waals surface area (Å²) in [5.41, 5.74) is 2.77. The zero-order valence-corrected chi connectivity index (χ0v) is 10.4. The van der Waals surface area contributed by atoms with Crippen molar-refractivity contribution in [3.63, 3.8) is 0 Å². The summed E-state index contributed by atoms with van der Waals surface area (Å²) in [5.74, 6) is -0.347. The third kappa shape index (κ3) is 4.60. The molecule has 98 valence electrons. The first kappa shape index (κ1) is 13.8. The van der Waals surface area contributed by atoms with Gasteiger partial charge in [-0.15, -0.1) is 0 Å². The first-order valence-corrected chi connectivity index (χ1v) is 6.05. The molecule has 0 bridgehead atoms. The van der Waals surface area contributed by atoms with Crippen LogP contribution in [0.4, 0.5) is 4.79 Å². The Labute approximate surface area is 101 Å². The molecule has 0 aromatic heterocycles. The van der Waals surface area contributed by atoms with E-state index in [0.29, 0.717) is 0 Å². The second kappa shape index (κ2) is 6.44. The molecule has 6 nitrogen and oxygen atoms in total. The lowest BCUT2D eigenvalue weighted by Crippen LogP contribution is -2.55. The van der Waals surface area contributed by atoms with Crippen molar-refractivity contribution in [1.82, 2.24) is 15.8 Å². The molecule has 2 amide bonds. The first-order valence-electron chi connectivity index (χ1n) is 6.05. The molecule has 1 heterocycles. The maximum absolute atomic E-state index is 11.9. The minimum absolute atomic E-state index is 0.0732. The second-order valence-electron chi connectivity index (χ2n) is 4.69. The number of hydrazine groups is 1. The summed E-state index contributed by atoms with van der Waals surface area (Å²) < 4.78 is 0. The van der Waals surface area contributed by atoms with Crippen molar-refractivity contribution in [1.29, 1.82) is 0 Å². The van der Waals surface area contributed by atoms with E-state index in [1.165, 1.54) is 6.42 Å². The van der Waals surface area contributed by atoms with E-state index in [9.17, 15) is 9.59 Å². The number of carbonyl (C=O) groups excluding carboxylic acids is 1. The lowest BCUT2D eigenvalue weighted by Gasteiger charge is -2.29. The van der Waals surface area contributed by atoms with Crippen LogP contribution in [-0.2, 0) is 4.79 Å². The normalized spacial score (nSPS) is 18.8. The van der Waals surface area contributed by atoms with Crippen LogP contribution in [-0.4, -0.2) is 41.2 Å². The topological polar surface area (TPSA) is 81.7 Å². The van der Waals surface area contributed by atoms with E-state index in [0.717, 1.165) is 25.9 Å². The molecule has 0 aliphatic carbocycles. The molecule has 1 fully saturated rings. The van der Waals surface area contributed by atoms with Gasteiger partial charge in [-0.25, -0.2) is 9.80 Å². The summed E-state index contributed by atoms with van der Waals surface area (Å²) in [6.07, 6.45) is 2.16. The zero-order valence-electron chi connectivity index (χ0n) is 10.4. The highest BCUT2D eigenvalue weighted by Gasteiger charge is 2.25. The van der Waals surface area contributed by atoms with E-state index in [1.54, 1.807) is 0 Å². The van der Waals surface area contributed by atoms with Gasteiger partial charge in [0.05, 0.1) is 0 Å². The SMILES string of the molecule is CC(C)[C@H](NC(=O)O)C(=O)NN1CCCCC1. The highest BCUT2D eigenvalue weighted by Crippen LogP contribution is 2.07. The predicted molar refractivity (Wildman–Crippen MR) is 63.4 cm³/mol. The number of nitrogens with one attached hydrogen (secondary N) is 2. The molecule has 17 heavy (non-hydrogen) atoms. The summed E-state index contributed by atoms with van der Waals surface area (Å²) in [6, 6.07) is -0.700. The number of rotatable bonds is 4. The van der Waals surface area contributed by atoms with Crippen molar-refractivity contribution in [2.75, 3.05) is 13.1 Å². The number of hydrogen-bond donors (Lipinski definition) is 3. The minimum atomic E-state index is -1.17. The largest absolute Gasteiger partial charge is 0.465 e. The van der Waals surface area contributed by atoms with Crippen LogP contribution in [0.5, 0.6) is 0 Å². The minimum Gasteiger partial charge on any atom is -0.465 e. The van der Waals surface area contributed by atoms with Crippen LogP contribution in [0.25, 0.3) is 0 Å². The number of piperidine rings is 1. The molecule has 1 saturated heterocycles. The molecule has 1 aliphatic heterocycles. The molecule has 0 radical (unpaired) electrons. The fourth-order valence-electron chi connectivity index (χ4n) is 1.90. The molecule has 0 aromatic rings. The van der Waals surface area contributed by atoms with Crippen molar-refractivity contribution in [2.24, 2.45) is 5.92 Å². The van der Waals surface area contributed by atoms with Gasteiger partial charge >= 0.3 is 6.09 Å². The van der Waals surface area contributed by atoms with Crippen LogP contribution in [0.2, 0.25) is 0 Å². The van der Waals surface area contributed by atoms with Gasteiger partial charge in [0.2, 0.25) is 0 Å². The molecular weight excluding hydrogens is 222 g/mol. The predicted octanol–water partition coefficient (Wildman–Crippen LogP) is 0.796. The average molecular weight is 243 g/mol. The maximum atomic E-state index is 11.9. The Morgan fingerprint density at radius 3 is 2.24 bits per heavy atom. The van der Waals surface area contributed by atoms with Crippen LogP contribution >= 0.6 is 0 Å². The number of carbonyl (C=O) groups is 2. The molecule has 1 rings (SSSR count). The third-order valence-corrected chi connectivity index (χ3v) is 2.85. The summed E-state index contributed by atoms with van der Waals surface area (Å²) >= 11 is 0. The summed E-state index contributed by atoms with van der Waals surface area (Å²) in [4.78, 5) is 22.5. The van der Waals surface area contributed by atoms with E-state index in [-0.39, 0.29) is 11.8 Å². The molecule has 1 aliphatic rings. The van der Waals surface area contributed by atoms with Crippen LogP contribution in [0.1, 0.15) is 33.1 Å². The Bertz CT molecular complexity index is 275. The molecular formula is C11H21N3O3. The number of hydrogen-bond acceptors (Lipinski definition) is 3. The number of carboxylic acid groups (broad SMARTS) is 1. The Hall–Kier alpha value is -1.30. The van der Waals surface area contributed by atoms with Crippen molar-refractivity contribution >= 4 is 12.0 Å². The lowest BCUT2D eigenvalue weighted by molar-refractivity contribution is -0.129. The van der Waals surface area contributed by atoms with E-state index >= 15 is 0 Å². The van der Waals surface area contributed by atoms with Gasteiger partial charge in [-0.2, -0.15) is 0 Å². The average Bonchev–Trinajstić information content (AvgIpc) is 2.26. The molecule has 0 aromatic carbocycles. The standard InChI is InChI=1S/C11H21N3O3/c1-8(2)9(12-11(16)17)10(15)13-14-6-4-3-5-7-14/h8-9,12H,3-7H2,1-2H3,(H,13,15)(H,16,17)/t9-/m0/s1. The van der Waals surface area contributed by atoms with Crippen molar-refractivity contribution in [2.45, 2.75) is 39.2 Å². The zero-order chi connectivity index (χ0) is 12.8. The Kier molecular flexibility index (Phi) is 5.21. The second-order valence-corrected chi connectivity index (χ2v) is 4.69. The summed E-state index contributed by atoms with van der Waals surface area (Å²) in [6.45, 7) is 5.31. The molecule has 6 heteroatoms. The highest BCUT2D eigenvalue weighted by molar-refractivity contribution is 5.85. The van der Waals surface area contributed by atoms with E-state index < -0.39 is 12.1 Å². The number of amides is 2. The summed E-state index contributed by atoms with van der Waals surface area (Å²) in [7, 11) is 0. The fourth-order valence-corrected chi connectivity index (χ4v) is 1.90. The van der Waals surface area contributed by atoms with Gasteiger partial charge in [-0.1, -0.05) is 20.3 Å². The Balaban J connectivity index is 2.49. The van der Waals surface area contributed by atoms with Gasteiger partial charge in [0.15, 0.2) is 0 Å². The first-order chi connectivity index (χ1) is 8.00. The van der Waals surface area contributed by atoms with Gasteiger partial charge in [0, 0.05) is 13.1 Å². The monoisotopic (exact) mass is 243 g/mol. The van der Waals surface area contributed by atoms with Crippen LogP contribution < -0.4 is 10.7 Å². The molecule has 1 atom stereocenters. The van der Waals surface area contributed by atoms with Crippen LogP contribution in [0, 0.1) is 5.92 Å². The van der Waals surface area contributed by atoms with Gasteiger partial charge in [0.25, 0.3) is 5.91 Å². The fraction of sp³-hybridized carbons (Fsp3) is 0.818. The maximum Gasteiger partial charge on any atom is 0.405 e. The Morgan fingerprint density at radius 2 is 1.76 bits per heavy atom. The highest BCUT2D eigenvalue weighted by atomic mass is 16.4. The third-order valence-electron chi connectivity index (χ3n) is 2.85. The molecule has 0 unspecified atom stereocenters. The smallest absolute Gasteiger partial charge is 0.405 e. The van der Waals surface area contributed by atoms with E-state index in [4.69, 9.17) is 5.11 Å². The van der Waals surface area contributed by atoms with Gasteiger partial charge in [0.1, 0.15) is 6.04 Å². The van der Waals surface area contributed by atoms with E-state index in [2.05, 4.69) is 10.7 Å². The van der Waals surface area contributed by atoms with Crippen LogP contribution in [0.3, 0.4) is 0 Å². The molecule has 0 spiro atoms. The van der Waals surface area contributed by atoms with Gasteiger partial charge in [-0.3, -0.25) is 10.2 Å². The quantitative estimate of drug-likeness (QED) is 0.682. The lowest BCUT2D eigenvalue weighted by atomic mass is 10.0. The van der Waals surface area contributed by atoms with E-state index in [1.807, 2.05) is 18.9 Å². The van der Waals surface area contributed by atoms with Crippen molar-refractivity contribution < 1.29 is 14.7 Å². The Morgan fingerprint density at radius 1 is 1.18 bits per heavy atom. The number of nitrogens with zero attached hydrogens (tertiary/aromatic N) is 1. The van der Waals surface area contributed by atoms with Crippen molar-refractivity contribution in [3.05, 3.63) is 0 Å².